The number of para-hydroxylation sites is 1. The minimum atomic E-state index is -3.71. The second kappa shape index (κ2) is 7.74. The minimum absolute atomic E-state index is 0.0946. The van der Waals surface area contributed by atoms with E-state index in [9.17, 15) is 12.8 Å². The highest BCUT2D eigenvalue weighted by Gasteiger charge is 2.41. The van der Waals surface area contributed by atoms with Gasteiger partial charge in [0.2, 0.25) is 21.7 Å². The topological polar surface area (TPSA) is 85.5 Å². The summed E-state index contributed by atoms with van der Waals surface area (Å²) in [5.41, 5.74) is 0.166. The molecule has 1 aliphatic heterocycles. The number of rotatable bonds is 6. The van der Waals surface area contributed by atoms with Gasteiger partial charge in [-0.1, -0.05) is 28.9 Å². The van der Waals surface area contributed by atoms with Crippen molar-refractivity contribution in [3.63, 3.8) is 0 Å². The molecule has 1 saturated heterocycles. The van der Waals surface area contributed by atoms with Gasteiger partial charge in [-0.2, -0.15) is 9.29 Å². The SMILES string of the molecule is CCOc1ccccc1S(=O)(=O)N1CC(c2nc(-c3ccc(Cl)cc3F)no2)C1. The van der Waals surface area contributed by atoms with Crippen LogP contribution in [0.15, 0.2) is 51.9 Å². The van der Waals surface area contributed by atoms with Crippen LogP contribution in [0.2, 0.25) is 5.02 Å². The first-order valence-electron chi connectivity index (χ1n) is 8.91. The van der Waals surface area contributed by atoms with Gasteiger partial charge in [-0.15, -0.1) is 0 Å². The molecule has 29 heavy (non-hydrogen) atoms. The Labute approximate surface area is 172 Å². The summed E-state index contributed by atoms with van der Waals surface area (Å²) in [6.07, 6.45) is 0. The maximum atomic E-state index is 14.0. The Balaban J connectivity index is 1.50. The van der Waals surface area contributed by atoms with Crippen molar-refractivity contribution in [1.29, 1.82) is 0 Å². The summed E-state index contributed by atoms with van der Waals surface area (Å²) in [6.45, 7) is 2.53. The third-order valence-corrected chi connectivity index (χ3v) is 6.68. The van der Waals surface area contributed by atoms with Crippen LogP contribution in [-0.2, 0) is 10.0 Å². The lowest BCUT2D eigenvalue weighted by molar-refractivity contribution is 0.216. The van der Waals surface area contributed by atoms with E-state index in [2.05, 4.69) is 10.1 Å². The molecule has 10 heteroatoms. The average Bonchev–Trinajstić information content (AvgIpc) is 3.10. The Hall–Kier alpha value is -2.49. The molecule has 0 N–H and O–H groups in total. The van der Waals surface area contributed by atoms with Gasteiger partial charge in [0.15, 0.2) is 0 Å². The maximum absolute atomic E-state index is 14.0. The van der Waals surface area contributed by atoms with Crippen molar-refractivity contribution in [3.05, 3.63) is 59.2 Å². The molecule has 0 radical (unpaired) electrons. The maximum Gasteiger partial charge on any atom is 0.246 e. The largest absolute Gasteiger partial charge is 0.492 e. The summed E-state index contributed by atoms with van der Waals surface area (Å²) < 4.78 is 51.8. The molecule has 3 aromatic rings. The summed E-state index contributed by atoms with van der Waals surface area (Å²) in [7, 11) is -3.71. The molecule has 4 rings (SSSR count). The zero-order valence-electron chi connectivity index (χ0n) is 15.4. The summed E-state index contributed by atoms with van der Waals surface area (Å²) in [5.74, 6) is -0.149. The monoisotopic (exact) mass is 437 g/mol. The average molecular weight is 438 g/mol. The third kappa shape index (κ3) is 3.73. The Kier molecular flexibility index (Phi) is 5.28. The van der Waals surface area contributed by atoms with E-state index >= 15 is 0 Å². The molecule has 0 atom stereocenters. The lowest BCUT2D eigenvalue weighted by Gasteiger charge is -2.36. The lowest BCUT2D eigenvalue weighted by Crippen LogP contribution is -2.48. The number of hydrogen-bond acceptors (Lipinski definition) is 6. The highest BCUT2D eigenvalue weighted by Crippen LogP contribution is 2.35. The van der Waals surface area contributed by atoms with Crippen LogP contribution in [-0.4, -0.2) is 42.6 Å². The molecule has 2 aromatic carbocycles. The van der Waals surface area contributed by atoms with E-state index < -0.39 is 15.8 Å². The molecule has 7 nitrogen and oxygen atoms in total. The minimum Gasteiger partial charge on any atom is -0.492 e. The van der Waals surface area contributed by atoms with Crippen molar-refractivity contribution < 1.29 is 22.1 Å². The smallest absolute Gasteiger partial charge is 0.246 e. The highest BCUT2D eigenvalue weighted by atomic mass is 35.5. The van der Waals surface area contributed by atoms with Gasteiger partial charge in [0.05, 0.1) is 18.1 Å². The van der Waals surface area contributed by atoms with Gasteiger partial charge in [0, 0.05) is 18.1 Å². The van der Waals surface area contributed by atoms with Crippen molar-refractivity contribution >= 4 is 21.6 Å². The first-order valence-corrected chi connectivity index (χ1v) is 10.7. The molecule has 2 heterocycles. The molecule has 0 bridgehead atoms. The normalized spacial score (nSPS) is 15.3. The number of ether oxygens (including phenoxy) is 1. The fourth-order valence-corrected chi connectivity index (χ4v) is 4.87. The van der Waals surface area contributed by atoms with Crippen LogP contribution in [0.25, 0.3) is 11.4 Å². The van der Waals surface area contributed by atoms with Crippen LogP contribution in [0.3, 0.4) is 0 Å². The predicted octanol–water partition coefficient (Wildman–Crippen LogP) is 3.72. The summed E-state index contributed by atoms with van der Waals surface area (Å²) in [4.78, 5) is 4.34. The van der Waals surface area contributed by atoms with Gasteiger partial charge in [0.1, 0.15) is 16.5 Å². The van der Waals surface area contributed by atoms with Gasteiger partial charge in [-0.25, -0.2) is 12.8 Å². The number of sulfonamides is 1. The summed E-state index contributed by atoms with van der Waals surface area (Å²) in [5, 5.41) is 4.07. The molecule has 0 unspecified atom stereocenters. The van der Waals surface area contributed by atoms with Crippen molar-refractivity contribution in [3.8, 4) is 17.1 Å². The summed E-state index contributed by atoms with van der Waals surface area (Å²) in [6, 6.07) is 10.7. The molecule has 0 spiro atoms. The summed E-state index contributed by atoms with van der Waals surface area (Å²) >= 11 is 5.76. The Morgan fingerprint density at radius 3 is 2.76 bits per heavy atom. The fraction of sp³-hybridized carbons (Fsp3) is 0.263. The van der Waals surface area contributed by atoms with Crippen LogP contribution in [0.1, 0.15) is 18.7 Å². The third-order valence-electron chi connectivity index (χ3n) is 4.58. The van der Waals surface area contributed by atoms with E-state index in [1.165, 1.54) is 28.6 Å². The van der Waals surface area contributed by atoms with Crippen LogP contribution in [0.5, 0.6) is 5.75 Å². The highest BCUT2D eigenvalue weighted by molar-refractivity contribution is 7.89. The van der Waals surface area contributed by atoms with Crippen molar-refractivity contribution in [2.75, 3.05) is 19.7 Å². The Morgan fingerprint density at radius 2 is 2.03 bits per heavy atom. The zero-order valence-corrected chi connectivity index (χ0v) is 17.0. The molecule has 1 fully saturated rings. The fourth-order valence-electron chi connectivity index (χ4n) is 3.05. The quantitative estimate of drug-likeness (QED) is 0.584. The Morgan fingerprint density at radius 1 is 1.28 bits per heavy atom. The van der Waals surface area contributed by atoms with Crippen LogP contribution < -0.4 is 4.74 Å². The molecule has 0 aliphatic carbocycles. The molecule has 0 amide bonds. The lowest BCUT2D eigenvalue weighted by atomic mass is 10.0. The first-order chi connectivity index (χ1) is 13.9. The van der Waals surface area contributed by atoms with E-state index in [1.54, 1.807) is 25.1 Å². The number of benzene rings is 2. The number of nitrogens with zero attached hydrogens (tertiary/aromatic N) is 3. The second-order valence-electron chi connectivity index (χ2n) is 6.48. The standard InChI is InChI=1S/C19H17ClFN3O4S/c1-2-27-16-5-3-4-6-17(16)29(25,26)24-10-12(11-24)19-22-18(23-28-19)14-8-7-13(20)9-15(14)21/h3-9,12H,2,10-11H2,1H3. The number of aromatic nitrogens is 2. The Bertz CT molecular complexity index is 1150. The van der Waals surface area contributed by atoms with Crippen LogP contribution in [0.4, 0.5) is 4.39 Å². The van der Waals surface area contributed by atoms with Gasteiger partial charge < -0.3 is 9.26 Å². The van der Waals surface area contributed by atoms with Crippen LogP contribution in [0, 0.1) is 5.82 Å². The van der Waals surface area contributed by atoms with Gasteiger partial charge >= 0.3 is 0 Å². The van der Waals surface area contributed by atoms with E-state index in [4.69, 9.17) is 20.9 Å². The molecule has 0 saturated carbocycles. The van der Waals surface area contributed by atoms with Gasteiger partial charge in [-0.3, -0.25) is 0 Å². The predicted molar refractivity (Wildman–Crippen MR) is 104 cm³/mol. The van der Waals surface area contributed by atoms with Crippen molar-refractivity contribution in [2.45, 2.75) is 17.7 Å². The molecular weight excluding hydrogens is 421 g/mol. The van der Waals surface area contributed by atoms with Crippen LogP contribution >= 0.6 is 11.6 Å². The zero-order chi connectivity index (χ0) is 20.6. The number of halogens is 2. The van der Waals surface area contributed by atoms with E-state index in [1.807, 2.05) is 0 Å². The molecule has 1 aromatic heterocycles. The van der Waals surface area contributed by atoms with E-state index in [-0.39, 0.29) is 46.2 Å². The van der Waals surface area contributed by atoms with Gasteiger partial charge in [-0.05, 0) is 37.3 Å². The van der Waals surface area contributed by atoms with Crippen molar-refractivity contribution in [1.82, 2.24) is 14.4 Å². The second-order valence-corrected chi connectivity index (χ2v) is 8.82. The first kappa shape index (κ1) is 19.8. The molecule has 1 aliphatic rings. The molecule has 152 valence electrons. The number of hydrogen-bond donors (Lipinski definition) is 0. The van der Waals surface area contributed by atoms with E-state index in [0.29, 0.717) is 12.4 Å². The van der Waals surface area contributed by atoms with Gasteiger partial charge in [0.25, 0.3) is 0 Å². The van der Waals surface area contributed by atoms with E-state index in [0.717, 1.165) is 0 Å². The van der Waals surface area contributed by atoms with Crippen molar-refractivity contribution in [2.24, 2.45) is 0 Å². The molecular formula is C19H17ClFN3O4S.